The van der Waals surface area contributed by atoms with E-state index in [2.05, 4.69) is 4.98 Å². The Morgan fingerprint density at radius 3 is 2.92 bits per heavy atom. The maximum Gasteiger partial charge on any atom is 0.217 e. The van der Waals surface area contributed by atoms with E-state index >= 15 is 0 Å². The van der Waals surface area contributed by atoms with Crippen molar-refractivity contribution in [1.82, 2.24) is 4.98 Å². The van der Waals surface area contributed by atoms with Gasteiger partial charge in [0.25, 0.3) is 0 Å². The van der Waals surface area contributed by atoms with Crippen LogP contribution in [-0.4, -0.2) is 10.9 Å². The molecular weight excluding hydrogens is 152 g/mol. The average Bonchev–Trinajstić information content (AvgIpc) is 2.05. The summed E-state index contributed by atoms with van der Waals surface area (Å²) < 4.78 is 0. The molecule has 0 atom stereocenters. The summed E-state index contributed by atoms with van der Waals surface area (Å²) in [5.41, 5.74) is 6.01. The molecule has 0 aliphatic heterocycles. The molecule has 1 aromatic rings. The zero-order valence-electron chi connectivity index (χ0n) is 6.86. The Hall–Kier alpha value is -1.38. The largest absolute Gasteiger partial charge is 0.370 e. The van der Waals surface area contributed by atoms with E-state index in [1.807, 2.05) is 18.2 Å². The molecule has 1 heterocycles. The molecule has 1 aromatic heterocycles. The number of aryl methyl sites for hydroxylation is 1. The second-order valence-electron chi connectivity index (χ2n) is 2.64. The molecule has 0 aliphatic carbocycles. The predicted molar refractivity (Wildman–Crippen MR) is 46.4 cm³/mol. The number of primary amides is 1. The maximum atomic E-state index is 10.4. The summed E-state index contributed by atoms with van der Waals surface area (Å²) in [4.78, 5) is 14.5. The molecule has 1 amide bonds. The first-order valence-corrected chi connectivity index (χ1v) is 3.97. The summed E-state index contributed by atoms with van der Waals surface area (Å²) in [6.45, 7) is 0. The summed E-state index contributed by atoms with van der Waals surface area (Å²) in [7, 11) is 0. The van der Waals surface area contributed by atoms with Gasteiger partial charge in [0.2, 0.25) is 5.91 Å². The first-order valence-electron chi connectivity index (χ1n) is 3.97. The van der Waals surface area contributed by atoms with Gasteiger partial charge in [0, 0.05) is 18.3 Å². The van der Waals surface area contributed by atoms with Crippen LogP contribution in [0.1, 0.15) is 18.5 Å². The zero-order chi connectivity index (χ0) is 8.81. The molecule has 12 heavy (non-hydrogen) atoms. The Labute approximate surface area is 71.6 Å². The molecule has 0 saturated heterocycles. The van der Waals surface area contributed by atoms with Crippen molar-refractivity contribution >= 4 is 5.91 Å². The fourth-order valence-electron chi connectivity index (χ4n) is 0.990. The smallest absolute Gasteiger partial charge is 0.217 e. The second kappa shape index (κ2) is 4.49. The monoisotopic (exact) mass is 164 g/mol. The molecule has 0 saturated carbocycles. The molecule has 0 bridgehead atoms. The van der Waals surface area contributed by atoms with Gasteiger partial charge in [-0.2, -0.15) is 0 Å². The highest BCUT2D eigenvalue weighted by Crippen LogP contribution is 1.99. The van der Waals surface area contributed by atoms with Crippen LogP contribution in [0.5, 0.6) is 0 Å². The summed E-state index contributed by atoms with van der Waals surface area (Å²) in [6.07, 6.45) is 3.80. The lowest BCUT2D eigenvalue weighted by Crippen LogP contribution is -2.10. The van der Waals surface area contributed by atoms with Crippen molar-refractivity contribution in [2.24, 2.45) is 5.73 Å². The van der Waals surface area contributed by atoms with Crippen LogP contribution in [0.4, 0.5) is 0 Å². The highest BCUT2D eigenvalue weighted by Gasteiger charge is 1.96. The van der Waals surface area contributed by atoms with E-state index in [1.165, 1.54) is 0 Å². The first kappa shape index (κ1) is 8.71. The number of carbonyl (C=O) groups excluding carboxylic acids is 1. The molecule has 0 unspecified atom stereocenters. The van der Waals surface area contributed by atoms with Crippen molar-refractivity contribution < 1.29 is 4.79 Å². The molecule has 1 rings (SSSR count). The Bertz CT molecular complexity index is 246. The third kappa shape index (κ3) is 3.14. The van der Waals surface area contributed by atoms with Gasteiger partial charge in [-0.15, -0.1) is 0 Å². The fraction of sp³-hybridized carbons (Fsp3) is 0.333. The maximum absolute atomic E-state index is 10.4. The Morgan fingerprint density at radius 2 is 2.33 bits per heavy atom. The third-order valence-corrected chi connectivity index (χ3v) is 1.58. The molecule has 0 fully saturated rings. The molecule has 0 radical (unpaired) electrons. The van der Waals surface area contributed by atoms with Crippen LogP contribution < -0.4 is 5.73 Å². The van der Waals surface area contributed by atoms with E-state index in [0.717, 1.165) is 18.5 Å². The summed E-state index contributed by atoms with van der Waals surface area (Å²) in [6, 6.07) is 5.76. The Balaban J connectivity index is 2.29. The quantitative estimate of drug-likeness (QED) is 0.718. The molecular formula is C9H12N2O. The van der Waals surface area contributed by atoms with Gasteiger partial charge in [-0.3, -0.25) is 9.78 Å². The summed E-state index contributed by atoms with van der Waals surface area (Å²) in [5.74, 6) is -0.245. The molecule has 0 aromatic carbocycles. The number of pyridine rings is 1. The number of nitrogens with zero attached hydrogens (tertiary/aromatic N) is 1. The van der Waals surface area contributed by atoms with Crippen LogP contribution in [-0.2, 0) is 11.2 Å². The van der Waals surface area contributed by atoms with Gasteiger partial charge in [-0.05, 0) is 25.0 Å². The predicted octanol–water partition coefficient (Wildman–Crippen LogP) is 0.890. The summed E-state index contributed by atoms with van der Waals surface area (Å²) in [5, 5.41) is 0. The normalized spacial score (nSPS) is 9.67. The zero-order valence-corrected chi connectivity index (χ0v) is 6.86. The number of carbonyl (C=O) groups is 1. The van der Waals surface area contributed by atoms with Gasteiger partial charge in [0.1, 0.15) is 0 Å². The van der Waals surface area contributed by atoms with Crippen LogP contribution in [0.3, 0.4) is 0 Å². The molecule has 3 nitrogen and oxygen atoms in total. The lowest BCUT2D eigenvalue weighted by molar-refractivity contribution is -0.118. The lowest BCUT2D eigenvalue weighted by atomic mass is 10.2. The van der Waals surface area contributed by atoms with Crippen molar-refractivity contribution in [3.05, 3.63) is 30.1 Å². The lowest BCUT2D eigenvalue weighted by Gasteiger charge is -1.96. The van der Waals surface area contributed by atoms with Crippen LogP contribution in [0.15, 0.2) is 24.4 Å². The Kier molecular flexibility index (Phi) is 3.26. The topological polar surface area (TPSA) is 56.0 Å². The minimum absolute atomic E-state index is 0.245. The van der Waals surface area contributed by atoms with Crippen LogP contribution in [0.25, 0.3) is 0 Å². The number of amides is 1. The van der Waals surface area contributed by atoms with Crippen LogP contribution >= 0.6 is 0 Å². The molecule has 64 valence electrons. The van der Waals surface area contributed by atoms with Gasteiger partial charge in [-0.25, -0.2) is 0 Å². The standard InChI is InChI=1S/C9H12N2O/c10-9(12)6-3-5-8-4-1-2-7-11-8/h1-2,4,7H,3,5-6H2,(H2,10,12). The molecule has 0 aliphatic rings. The summed E-state index contributed by atoms with van der Waals surface area (Å²) >= 11 is 0. The first-order chi connectivity index (χ1) is 5.79. The number of rotatable bonds is 4. The minimum atomic E-state index is -0.245. The van der Waals surface area contributed by atoms with E-state index in [4.69, 9.17) is 5.73 Å². The van der Waals surface area contributed by atoms with E-state index < -0.39 is 0 Å². The third-order valence-electron chi connectivity index (χ3n) is 1.58. The van der Waals surface area contributed by atoms with Crippen LogP contribution in [0.2, 0.25) is 0 Å². The van der Waals surface area contributed by atoms with Crippen molar-refractivity contribution in [3.63, 3.8) is 0 Å². The van der Waals surface area contributed by atoms with E-state index in [9.17, 15) is 4.79 Å². The minimum Gasteiger partial charge on any atom is -0.370 e. The van der Waals surface area contributed by atoms with Gasteiger partial charge < -0.3 is 5.73 Å². The van der Waals surface area contributed by atoms with Crippen molar-refractivity contribution in [2.75, 3.05) is 0 Å². The fourth-order valence-corrected chi connectivity index (χ4v) is 0.990. The highest BCUT2D eigenvalue weighted by atomic mass is 16.1. The van der Waals surface area contributed by atoms with E-state index in [1.54, 1.807) is 6.20 Å². The van der Waals surface area contributed by atoms with Gasteiger partial charge in [-0.1, -0.05) is 6.07 Å². The van der Waals surface area contributed by atoms with E-state index in [0.29, 0.717) is 6.42 Å². The van der Waals surface area contributed by atoms with Crippen molar-refractivity contribution in [3.8, 4) is 0 Å². The van der Waals surface area contributed by atoms with Gasteiger partial charge in [0.05, 0.1) is 0 Å². The molecule has 0 spiro atoms. The molecule has 3 heteroatoms. The van der Waals surface area contributed by atoms with Crippen molar-refractivity contribution in [2.45, 2.75) is 19.3 Å². The van der Waals surface area contributed by atoms with Crippen LogP contribution in [0, 0.1) is 0 Å². The second-order valence-corrected chi connectivity index (χ2v) is 2.64. The van der Waals surface area contributed by atoms with Crippen molar-refractivity contribution in [1.29, 1.82) is 0 Å². The van der Waals surface area contributed by atoms with Gasteiger partial charge >= 0.3 is 0 Å². The number of aromatic nitrogens is 1. The van der Waals surface area contributed by atoms with E-state index in [-0.39, 0.29) is 5.91 Å². The van der Waals surface area contributed by atoms with Gasteiger partial charge in [0.15, 0.2) is 0 Å². The number of hydrogen-bond acceptors (Lipinski definition) is 2. The SMILES string of the molecule is NC(=O)CCCc1ccccn1. The number of nitrogens with two attached hydrogens (primary N) is 1. The Morgan fingerprint density at radius 1 is 1.50 bits per heavy atom. The highest BCUT2D eigenvalue weighted by molar-refractivity contribution is 5.73. The number of hydrogen-bond donors (Lipinski definition) is 1. The molecule has 2 N–H and O–H groups in total. The average molecular weight is 164 g/mol.